The van der Waals surface area contributed by atoms with Crippen molar-refractivity contribution < 1.29 is 17.9 Å². The number of hydrogen-bond acceptors (Lipinski definition) is 5. The standard InChI is InChI=1S/C24H31N3O4S/c1-3-27(4-2)32(29,30)19-12-13-21(26-14-8-5-9-15-26)20(17-19)25-24(28)23-16-18-10-6-7-11-22(18)31-23/h6-7,10-13,17,23H,3-5,8-9,14-16H2,1-2H3,(H,25,28). The van der Waals surface area contributed by atoms with Crippen molar-refractivity contribution >= 4 is 27.3 Å². The largest absolute Gasteiger partial charge is 0.480 e. The summed E-state index contributed by atoms with van der Waals surface area (Å²) in [5.74, 6) is 0.457. The Balaban J connectivity index is 1.64. The molecular weight excluding hydrogens is 426 g/mol. The number of nitrogens with zero attached hydrogens (tertiary/aromatic N) is 2. The van der Waals surface area contributed by atoms with E-state index in [0.717, 1.165) is 42.9 Å². The third-order valence-electron chi connectivity index (χ3n) is 6.21. The first-order valence-electron chi connectivity index (χ1n) is 11.4. The summed E-state index contributed by atoms with van der Waals surface area (Å²) in [4.78, 5) is 15.5. The van der Waals surface area contributed by atoms with Gasteiger partial charge in [-0.25, -0.2) is 8.42 Å². The third-order valence-corrected chi connectivity index (χ3v) is 8.25. The minimum Gasteiger partial charge on any atom is -0.480 e. The molecule has 1 atom stereocenters. The molecule has 0 bridgehead atoms. The molecular formula is C24H31N3O4S. The van der Waals surface area contributed by atoms with Crippen LogP contribution < -0.4 is 15.0 Å². The summed E-state index contributed by atoms with van der Waals surface area (Å²) in [7, 11) is -3.64. The van der Waals surface area contributed by atoms with Crippen LogP contribution in [0.1, 0.15) is 38.7 Å². The topological polar surface area (TPSA) is 79.0 Å². The van der Waals surface area contributed by atoms with Crippen LogP contribution >= 0.6 is 0 Å². The van der Waals surface area contributed by atoms with Gasteiger partial charge in [0.2, 0.25) is 10.0 Å². The van der Waals surface area contributed by atoms with E-state index in [2.05, 4.69) is 10.2 Å². The maximum Gasteiger partial charge on any atom is 0.265 e. The van der Waals surface area contributed by atoms with Gasteiger partial charge in [-0.2, -0.15) is 4.31 Å². The fourth-order valence-electron chi connectivity index (χ4n) is 4.44. The Morgan fingerprint density at radius 2 is 1.81 bits per heavy atom. The Morgan fingerprint density at radius 1 is 1.09 bits per heavy atom. The van der Waals surface area contributed by atoms with Crippen LogP contribution in [-0.2, 0) is 21.2 Å². The number of para-hydroxylation sites is 1. The average molecular weight is 458 g/mol. The number of rotatable bonds is 7. The van der Waals surface area contributed by atoms with Crippen molar-refractivity contribution in [3.8, 4) is 5.75 Å². The molecule has 0 saturated carbocycles. The molecule has 2 aliphatic rings. The van der Waals surface area contributed by atoms with Gasteiger partial charge in [0, 0.05) is 32.6 Å². The van der Waals surface area contributed by atoms with Crippen LogP contribution in [0.4, 0.5) is 11.4 Å². The minimum absolute atomic E-state index is 0.188. The number of anilines is 2. The molecule has 0 radical (unpaired) electrons. The van der Waals surface area contributed by atoms with Crippen LogP contribution in [0.2, 0.25) is 0 Å². The average Bonchev–Trinajstić information content (AvgIpc) is 3.25. The van der Waals surface area contributed by atoms with E-state index in [1.54, 1.807) is 12.1 Å². The molecule has 1 N–H and O–H groups in total. The summed E-state index contributed by atoms with van der Waals surface area (Å²) in [6.45, 7) is 6.19. The first kappa shape index (κ1) is 22.6. The summed E-state index contributed by atoms with van der Waals surface area (Å²) in [5, 5.41) is 2.98. The quantitative estimate of drug-likeness (QED) is 0.687. The van der Waals surface area contributed by atoms with E-state index in [1.165, 1.54) is 10.7 Å². The van der Waals surface area contributed by atoms with Crippen molar-refractivity contribution in [2.45, 2.75) is 50.5 Å². The third kappa shape index (κ3) is 4.47. The number of benzene rings is 2. The predicted molar refractivity (Wildman–Crippen MR) is 126 cm³/mol. The first-order chi connectivity index (χ1) is 15.4. The molecule has 2 aromatic carbocycles. The van der Waals surface area contributed by atoms with E-state index >= 15 is 0 Å². The van der Waals surface area contributed by atoms with Gasteiger partial charge in [-0.05, 0) is 49.1 Å². The van der Waals surface area contributed by atoms with Gasteiger partial charge < -0.3 is 15.0 Å². The summed E-state index contributed by atoms with van der Waals surface area (Å²) >= 11 is 0. The number of piperidine rings is 1. The molecule has 0 spiro atoms. The minimum atomic E-state index is -3.64. The maximum atomic E-state index is 13.1. The van der Waals surface area contributed by atoms with Crippen molar-refractivity contribution in [1.29, 1.82) is 0 Å². The molecule has 8 heteroatoms. The van der Waals surface area contributed by atoms with Gasteiger partial charge in [0.25, 0.3) is 5.91 Å². The summed E-state index contributed by atoms with van der Waals surface area (Å²) < 4.78 is 33.5. The monoisotopic (exact) mass is 457 g/mol. The van der Waals surface area contributed by atoms with Gasteiger partial charge in [-0.1, -0.05) is 32.0 Å². The van der Waals surface area contributed by atoms with Gasteiger partial charge in [-0.3, -0.25) is 4.79 Å². The molecule has 1 fully saturated rings. The molecule has 0 aliphatic carbocycles. The van der Waals surface area contributed by atoms with Gasteiger partial charge in [0.15, 0.2) is 6.10 Å². The molecule has 1 unspecified atom stereocenters. The number of hydrogen-bond donors (Lipinski definition) is 1. The molecule has 2 aromatic rings. The SMILES string of the molecule is CCN(CC)S(=O)(=O)c1ccc(N2CCCCC2)c(NC(=O)C2Cc3ccccc3O2)c1. The predicted octanol–water partition coefficient (Wildman–Crippen LogP) is 3.65. The lowest BCUT2D eigenvalue weighted by molar-refractivity contribution is -0.122. The second-order valence-electron chi connectivity index (χ2n) is 8.22. The summed E-state index contributed by atoms with van der Waals surface area (Å²) in [6, 6.07) is 12.7. The second-order valence-corrected chi connectivity index (χ2v) is 10.2. The fraction of sp³-hybridized carbons (Fsp3) is 0.458. The van der Waals surface area contributed by atoms with Crippen LogP contribution in [0.25, 0.3) is 0 Å². The van der Waals surface area contributed by atoms with Crippen LogP contribution in [0.5, 0.6) is 5.75 Å². The lowest BCUT2D eigenvalue weighted by atomic mass is 10.1. The summed E-state index contributed by atoms with van der Waals surface area (Å²) in [6.07, 6.45) is 3.20. The number of sulfonamides is 1. The molecule has 1 amide bonds. The number of ether oxygens (including phenoxy) is 1. The highest BCUT2D eigenvalue weighted by molar-refractivity contribution is 7.89. The Labute approximate surface area is 190 Å². The molecule has 7 nitrogen and oxygen atoms in total. The van der Waals surface area contributed by atoms with Crippen LogP contribution in [0.3, 0.4) is 0 Å². The molecule has 32 heavy (non-hydrogen) atoms. The lowest BCUT2D eigenvalue weighted by Gasteiger charge is -2.31. The highest BCUT2D eigenvalue weighted by Gasteiger charge is 2.30. The van der Waals surface area contributed by atoms with Crippen LogP contribution in [0.15, 0.2) is 47.4 Å². The highest BCUT2D eigenvalue weighted by Crippen LogP contribution is 2.34. The number of carbonyl (C=O) groups is 1. The zero-order chi connectivity index (χ0) is 22.7. The number of fused-ring (bicyclic) bond motifs is 1. The lowest BCUT2D eigenvalue weighted by Crippen LogP contribution is -2.34. The van der Waals surface area contributed by atoms with Crippen molar-refractivity contribution in [3.63, 3.8) is 0 Å². The first-order valence-corrected chi connectivity index (χ1v) is 12.8. The smallest absolute Gasteiger partial charge is 0.265 e. The van der Waals surface area contributed by atoms with Crippen molar-refractivity contribution in [3.05, 3.63) is 48.0 Å². The molecule has 2 aliphatic heterocycles. The van der Waals surface area contributed by atoms with Gasteiger partial charge in [0.05, 0.1) is 16.3 Å². The number of nitrogens with one attached hydrogen (secondary N) is 1. The summed E-state index contributed by atoms with van der Waals surface area (Å²) in [5.41, 5.74) is 2.37. The molecule has 0 aromatic heterocycles. The zero-order valence-corrected chi connectivity index (χ0v) is 19.5. The fourth-order valence-corrected chi connectivity index (χ4v) is 5.93. The van der Waals surface area contributed by atoms with E-state index in [1.807, 2.05) is 44.2 Å². The number of carbonyl (C=O) groups excluding carboxylic acids is 1. The van der Waals surface area contributed by atoms with Crippen molar-refractivity contribution in [2.24, 2.45) is 0 Å². The Morgan fingerprint density at radius 3 is 2.50 bits per heavy atom. The van der Waals surface area contributed by atoms with Gasteiger partial charge >= 0.3 is 0 Å². The number of amides is 1. The zero-order valence-electron chi connectivity index (χ0n) is 18.7. The van der Waals surface area contributed by atoms with Gasteiger partial charge in [-0.15, -0.1) is 0 Å². The van der Waals surface area contributed by atoms with Crippen LogP contribution in [-0.4, -0.2) is 50.9 Å². The molecule has 2 heterocycles. The van der Waals surface area contributed by atoms with E-state index in [-0.39, 0.29) is 10.8 Å². The molecule has 4 rings (SSSR count). The van der Waals surface area contributed by atoms with E-state index in [9.17, 15) is 13.2 Å². The Kier molecular flexibility index (Phi) is 6.71. The van der Waals surface area contributed by atoms with E-state index in [0.29, 0.717) is 25.2 Å². The van der Waals surface area contributed by atoms with Gasteiger partial charge in [0.1, 0.15) is 5.75 Å². The second kappa shape index (κ2) is 9.50. The normalized spacial score (nSPS) is 18.3. The van der Waals surface area contributed by atoms with E-state index in [4.69, 9.17) is 4.74 Å². The maximum absolute atomic E-state index is 13.1. The Hall–Kier alpha value is -2.58. The highest BCUT2D eigenvalue weighted by atomic mass is 32.2. The van der Waals surface area contributed by atoms with Crippen molar-refractivity contribution in [1.82, 2.24) is 4.31 Å². The van der Waals surface area contributed by atoms with Crippen molar-refractivity contribution in [2.75, 3.05) is 36.4 Å². The van der Waals surface area contributed by atoms with Crippen LogP contribution in [0, 0.1) is 0 Å². The molecule has 1 saturated heterocycles. The molecule has 172 valence electrons. The van der Waals surface area contributed by atoms with E-state index < -0.39 is 16.1 Å². The Bertz CT molecular complexity index is 1050.